The highest BCUT2D eigenvalue weighted by atomic mass is 16.5. The van der Waals surface area contributed by atoms with Crippen LogP contribution < -0.4 is 9.64 Å². The molecule has 4 rings (SSSR count). The zero-order valence-electron chi connectivity index (χ0n) is 17.7. The van der Waals surface area contributed by atoms with Crippen LogP contribution in [0.25, 0.3) is 0 Å². The highest BCUT2D eigenvalue weighted by Gasteiger charge is 2.29. The first kappa shape index (κ1) is 20.5. The first-order valence-corrected chi connectivity index (χ1v) is 10.9. The number of benzene rings is 2. The van der Waals surface area contributed by atoms with E-state index in [1.165, 1.54) is 48.9 Å². The molecule has 2 fully saturated rings. The van der Waals surface area contributed by atoms with Gasteiger partial charge in [0.05, 0.1) is 24.4 Å². The van der Waals surface area contributed by atoms with E-state index < -0.39 is 5.97 Å². The van der Waals surface area contributed by atoms with Gasteiger partial charge in [-0.1, -0.05) is 25.1 Å². The largest absolute Gasteiger partial charge is 0.492 e. The van der Waals surface area contributed by atoms with Crippen molar-refractivity contribution >= 4 is 17.6 Å². The van der Waals surface area contributed by atoms with Crippen molar-refractivity contribution in [2.45, 2.75) is 64.3 Å². The van der Waals surface area contributed by atoms with Crippen molar-refractivity contribution in [1.82, 2.24) is 0 Å². The first-order valence-electron chi connectivity index (χ1n) is 10.9. The molecule has 5 nitrogen and oxygen atoms in total. The summed E-state index contributed by atoms with van der Waals surface area (Å²) < 4.78 is 5.73. The van der Waals surface area contributed by atoms with Crippen LogP contribution in [0.5, 0.6) is 5.75 Å². The Kier molecular flexibility index (Phi) is 5.80. The molecule has 0 saturated heterocycles. The van der Waals surface area contributed by atoms with Gasteiger partial charge in [-0.3, -0.25) is 4.79 Å². The van der Waals surface area contributed by atoms with Crippen LogP contribution in [-0.4, -0.2) is 23.6 Å². The molecule has 0 spiro atoms. The van der Waals surface area contributed by atoms with Gasteiger partial charge in [0.1, 0.15) is 5.75 Å². The molecule has 0 atom stereocenters. The minimum Gasteiger partial charge on any atom is -0.492 e. The Morgan fingerprint density at radius 1 is 1.00 bits per heavy atom. The van der Waals surface area contributed by atoms with Crippen molar-refractivity contribution in [2.75, 3.05) is 11.5 Å². The fraction of sp³-hybridized carbons (Fsp3) is 0.440. The molecule has 158 valence electrons. The standard InChI is InChI=1S/C25H29NO4/c1-3-24(27)26(22-10-9-19(25(28)29)14-23(22)30-4-2)15-16-11-20(17-5-6-17)13-21(12-16)18-7-8-18/h9-14,17-18H,3-8,15H2,1-2H3,(H,28,29). The van der Waals surface area contributed by atoms with E-state index in [1.54, 1.807) is 11.0 Å². The predicted octanol–water partition coefficient (Wildman–Crippen LogP) is 5.48. The minimum atomic E-state index is -1.01. The number of carbonyl (C=O) groups excluding carboxylic acids is 1. The zero-order chi connectivity index (χ0) is 21.3. The molecule has 1 N–H and O–H groups in total. The molecule has 0 aromatic heterocycles. The molecule has 0 unspecified atom stereocenters. The smallest absolute Gasteiger partial charge is 0.335 e. The quantitative estimate of drug-likeness (QED) is 0.598. The first-order chi connectivity index (χ1) is 14.5. The highest BCUT2D eigenvalue weighted by molar-refractivity contribution is 5.96. The number of carboxylic acids is 1. The lowest BCUT2D eigenvalue weighted by atomic mass is 9.99. The van der Waals surface area contributed by atoms with E-state index in [4.69, 9.17) is 4.74 Å². The lowest BCUT2D eigenvalue weighted by Crippen LogP contribution is -2.30. The van der Waals surface area contributed by atoms with Crippen molar-refractivity contribution < 1.29 is 19.4 Å². The van der Waals surface area contributed by atoms with Crippen molar-refractivity contribution in [3.05, 3.63) is 58.7 Å². The fourth-order valence-corrected chi connectivity index (χ4v) is 3.96. The number of nitrogens with zero attached hydrogens (tertiary/aromatic N) is 1. The summed E-state index contributed by atoms with van der Waals surface area (Å²) in [6.45, 7) is 4.55. The van der Waals surface area contributed by atoms with Gasteiger partial charge < -0.3 is 14.7 Å². The highest BCUT2D eigenvalue weighted by Crippen LogP contribution is 2.45. The second kappa shape index (κ2) is 8.50. The number of aromatic carboxylic acids is 1. The van der Waals surface area contributed by atoms with Gasteiger partial charge in [0.15, 0.2) is 0 Å². The van der Waals surface area contributed by atoms with Crippen LogP contribution in [0, 0.1) is 0 Å². The number of ether oxygens (including phenoxy) is 1. The number of carbonyl (C=O) groups is 2. The van der Waals surface area contributed by atoms with Crippen molar-refractivity contribution in [1.29, 1.82) is 0 Å². The summed E-state index contributed by atoms with van der Waals surface area (Å²) >= 11 is 0. The maximum atomic E-state index is 12.9. The molecular formula is C25H29NO4. The Morgan fingerprint density at radius 2 is 1.63 bits per heavy atom. The van der Waals surface area contributed by atoms with Gasteiger partial charge in [0, 0.05) is 6.42 Å². The van der Waals surface area contributed by atoms with E-state index in [2.05, 4.69) is 18.2 Å². The van der Waals surface area contributed by atoms with Gasteiger partial charge in [-0.05, 0) is 79.3 Å². The third-order valence-corrected chi connectivity index (χ3v) is 5.88. The number of amides is 1. The molecule has 0 heterocycles. The molecule has 0 aliphatic heterocycles. The molecule has 2 aromatic carbocycles. The average Bonchev–Trinajstić information content (AvgIpc) is 3.64. The number of rotatable bonds is 9. The van der Waals surface area contributed by atoms with Gasteiger partial charge in [-0.15, -0.1) is 0 Å². The van der Waals surface area contributed by atoms with E-state index in [1.807, 2.05) is 13.8 Å². The van der Waals surface area contributed by atoms with Crippen LogP contribution in [0.15, 0.2) is 36.4 Å². The normalized spacial score (nSPS) is 15.7. The van der Waals surface area contributed by atoms with E-state index in [9.17, 15) is 14.7 Å². The van der Waals surface area contributed by atoms with Gasteiger partial charge in [0.2, 0.25) is 5.91 Å². The Morgan fingerprint density at radius 3 is 2.13 bits per heavy atom. The molecule has 0 radical (unpaired) electrons. The molecule has 2 saturated carbocycles. The average molecular weight is 408 g/mol. The second-order valence-corrected chi connectivity index (χ2v) is 8.31. The van der Waals surface area contributed by atoms with E-state index in [-0.39, 0.29) is 11.5 Å². The topological polar surface area (TPSA) is 66.8 Å². The van der Waals surface area contributed by atoms with Gasteiger partial charge in [-0.2, -0.15) is 0 Å². The van der Waals surface area contributed by atoms with Crippen molar-refractivity contribution in [3.8, 4) is 5.75 Å². The zero-order valence-corrected chi connectivity index (χ0v) is 17.7. The summed E-state index contributed by atoms with van der Waals surface area (Å²) in [7, 11) is 0. The van der Waals surface area contributed by atoms with Crippen LogP contribution in [0.2, 0.25) is 0 Å². The monoisotopic (exact) mass is 407 g/mol. The summed E-state index contributed by atoms with van der Waals surface area (Å²) in [5.74, 6) is 0.726. The van der Waals surface area contributed by atoms with Gasteiger partial charge in [-0.25, -0.2) is 4.79 Å². The van der Waals surface area contributed by atoms with Gasteiger partial charge >= 0.3 is 5.97 Å². The maximum absolute atomic E-state index is 12.9. The molecule has 2 aromatic rings. The van der Waals surface area contributed by atoms with Crippen LogP contribution >= 0.6 is 0 Å². The molecule has 2 aliphatic rings. The molecular weight excluding hydrogens is 378 g/mol. The molecule has 5 heteroatoms. The van der Waals surface area contributed by atoms with Crippen LogP contribution in [0.1, 0.15) is 84.8 Å². The molecule has 30 heavy (non-hydrogen) atoms. The van der Waals surface area contributed by atoms with Crippen molar-refractivity contribution in [3.63, 3.8) is 0 Å². The number of anilines is 1. The maximum Gasteiger partial charge on any atom is 0.335 e. The van der Waals surface area contributed by atoms with E-state index >= 15 is 0 Å². The summed E-state index contributed by atoms with van der Waals surface area (Å²) in [4.78, 5) is 26.0. The van der Waals surface area contributed by atoms with Crippen LogP contribution in [0.3, 0.4) is 0 Å². The third kappa shape index (κ3) is 4.50. The third-order valence-electron chi connectivity index (χ3n) is 5.88. The Labute approximate surface area is 177 Å². The number of hydrogen-bond acceptors (Lipinski definition) is 3. The SMILES string of the molecule is CCOc1cc(C(=O)O)ccc1N(Cc1cc(C2CC2)cc(C2CC2)c1)C(=O)CC. The molecule has 0 bridgehead atoms. The van der Waals surface area contributed by atoms with E-state index in [0.717, 1.165) is 5.56 Å². The Bertz CT molecular complexity index is 929. The number of hydrogen-bond donors (Lipinski definition) is 1. The fourth-order valence-electron chi connectivity index (χ4n) is 3.96. The molecule has 1 amide bonds. The summed E-state index contributed by atoms with van der Waals surface area (Å²) in [6, 6.07) is 11.6. The summed E-state index contributed by atoms with van der Waals surface area (Å²) in [6.07, 6.45) is 5.35. The van der Waals surface area contributed by atoms with Crippen LogP contribution in [0.4, 0.5) is 5.69 Å². The lowest BCUT2D eigenvalue weighted by molar-refractivity contribution is -0.118. The Hall–Kier alpha value is -2.82. The molecule has 2 aliphatic carbocycles. The van der Waals surface area contributed by atoms with Crippen molar-refractivity contribution in [2.24, 2.45) is 0 Å². The van der Waals surface area contributed by atoms with E-state index in [0.29, 0.717) is 42.8 Å². The number of carboxylic acid groups (broad SMARTS) is 1. The van der Waals surface area contributed by atoms with Crippen LogP contribution in [-0.2, 0) is 11.3 Å². The Balaban J connectivity index is 1.70. The lowest BCUT2D eigenvalue weighted by Gasteiger charge is -2.26. The minimum absolute atomic E-state index is 0.0103. The summed E-state index contributed by atoms with van der Waals surface area (Å²) in [5.41, 5.74) is 4.69. The van der Waals surface area contributed by atoms with Gasteiger partial charge in [0.25, 0.3) is 0 Å². The second-order valence-electron chi connectivity index (χ2n) is 8.31. The summed E-state index contributed by atoms with van der Waals surface area (Å²) in [5, 5.41) is 9.34. The predicted molar refractivity (Wildman–Crippen MR) is 116 cm³/mol.